The van der Waals surface area contributed by atoms with Gasteiger partial charge >= 0.3 is 0 Å². The molecule has 0 saturated heterocycles. The van der Waals surface area contributed by atoms with Gasteiger partial charge in [0, 0.05) is 9.75 Å². The summed E-state index contributed by atoms with van der Waals surface area (Å²) >= 11 is 1.84. The molecule has 0 saturated carbocycles. The molecule has 0 bridgehead atoms. The van der Waals surface area contributed by atoms with Gasteiger partial charge in [0.05, 0.1) is 6.04 Å². The Morgan fingerprint density at radius 2 is 1.89 bits per heavy atom. The topological polar surface area (TPSA) is 26.0 Å². The van der Waals surface area contributed by atoms with Crippen LogP contribution in [0.1, 0.15) is 44.5 Å². The molecule has 94 valence electrons. The Kier molecular flexibility index (Phi) is 3.00. The minimum atomic E-state index is 0.0286. The number of hydrogen-bond acceptors (Lipinski definition) is 2. The van der Waals surface area contributed by atoms with Crippen LogP contribution >= 0.6 is 11.3 Å². The summed E-state index contributed by atoms with van der Waals surface area (Å²) in [4.78, 5) is 2.69. The Hall–Kier alpha value is -1.12. The van der Waals surface area contributed by atoms with Crippen molar-refractivity contribution in [2.24, 2.45) is 5.73 Å². The van der Waals surface area contributed by atoms with Gasteiger partial charge in [-0.05, 0) is 61.4 Å². The molecule has 18 heavy (non-hydrogen) atoms. The van der Waals surface area contributed by atoms with Crippen LogP contribution in [0.5, 0.6) is 0 Å². The van der Waals surface area contributed by atoms with E-state index in [1.165, 1.54) is 51.3 Å². The standard InChI is InChI=1S/C16H19NS/c1-10-8-15(11(2)18-10)16(17)14-7-6-12-4-3-5-13(12)9-14/h6-9,16H,3-5,17H2,1-2H3. The first-order valence-corrected chi connectivity index (χ1v) is 7.41. The number of benzene rings is 1. The third-order valence-corrected chi connectivity index (χ3v) is 4.88. The van der Waals surface area contributed by atoms with Crippen LogP contribution in [-0.4, -0.2) is 0 Å². The summed E-state index contributed by atoms with van der Waals surface area (Å²) in [5, 5.41) is 0. The third-order valence-electron chi connectivity index (χ3n) is 3.90. The zero-order valence-electron chi connectivity index (χ0n) is 11.0. The van der Waals surface area contributed by atoms with Gasteiger partial charge in [0.25, 0.3) is 0 Å². The predicted molar refractivity (Wildman–Crippen MR) is 78.3 cm³/mol. The van der Waals surface area contributed by atoms with Crippen LogP contribution in [0.3, 0.4) is 0 Å². The van der Waals surface area contributed by atoms with E-state index in [-0.39, 0.29) is 6.04 Å². The average Bonchev–Trinajstić information content (AvgIpc) is 2.93. The number of hydrogen-bond donors (Lipinski definition) is 1. The molecule has 0 spiro atoms. The number of aryl methyl sites for hydroxylation is 4. The van der Waals surface area contributed by atoms with Crippen molar-refractivity contribution in [2.45, 2.75) is 39.2 Å². The van der Waals surface area contributed by atoms with Crippen molar-refractivity contribution in [1.29, 1.82) is 0 Å². The van der Waals surface area contributed by atoms with Crippen molar-refractivity contribution >= 4 is 11.3 Å². The van der Waals surface area contributed by atoms with Gasteiger partial charge in [-0.3, -0.25) is 0 Å². The molecule has 1 aromatic heterocycles. The largest absolute Gasteiger partial charge is 0.320 e. The summed E-state index contributed by atoms with van der Waals surface area (Å²) < 4.78 is 0. The van der Waals surface area contributed by atoms with Crippen molar-refractivity contribution in [2.75, 3.05) is 0 Å². The number of fused-ring (bicyclic) bond motifs is 1. The number of rotatable bonds is 2. The Morgan fingerprint density at radius 3 is 2.61 bits per heavy atom. The summed E-state index contributed by atoms with van der Waals surface area (Å²) in [5.74, 6) is 0. The van der Waals surface area contributed by atoms with Gasteiger partial charge in [-0.2, -0.15) is 0 Å². The molecule has 1 aliphatic carbocycles. The molecule has 1 atom stereocenters. The van der Waals surface area contributed by atoms with Gasteiger partial charge in [-0.1, -0.05) is 18.2 Å². The summed E-state index contributed by atoms with van der Waals surface area (Å²) in [6, 6.07) is 9.06. The Labute approximate surface area is 113 Å². The quantitative estimate of drug-likeness (QED) is 0.867. The molecule has 1 aliphatic rings. The lowest BCUT2D eigenvalue weighted by Gasteiger charge is -2.13. The lowest BCUT2D eigenvalue weighted by molar-refractivity contribution is 0.864. The molecule has 2 aromatic rings. The van der Waals surface area contributed by atoms with Gasteiger partial charge in [-0.25, -0.2) is 0 Å². The van der Waals surface area contributed by atoms with Crippen molar-refractivity contribution in [1.82, 2.24) is 0 Å². The van der Waals surface area contributed by atoms with E-state index in [9.17, 15) is 0 Å². The highest BCUT2D eigenvalue weighted by Gasteiger charge is 2.17. The first kappa shape index (κ1) is 11.9. The van der Waals surface area contributed by atoms with Crippen LogP contribution in [-0.2, 0) is 12.8 Å². The molecular weight excluding hydrogens is 238 g/mol. The second-order valence-corrected chi connectivity index (χ2v) is 6.69. The highest BCUT2D eigenvalue weighted by Crippen LogP contribution is 2.31. The van der Waals surface area contributed by atoms with Crippen LogP contribution < -0.4 is 5.73 Å². The normalized spacial score (nSPS) is 15.7. The SMILES string of the molecule is Cc1cc(C(N)c2ccc3c(c2)CCC3)c(C)s1. The molecule has 2 N–H and O–H groups in total. The predicted octanol–water partition coefficient (Wildman–Crippen LogP) is 3.90. The van der Waals surface area contributed by atoms with E-state index in [0.29, 0.717) is 0 Å². The second-order valence-electron chi connectivity index (χ2n) is 5.23. The minimum Gasteiger partial charge on any atom is -0.320 e. The maximum absolute atomic E-state index is 6.43. The molecule has 2 heteroatoms. The molecule has 0 amide bonds. The van der Waals surface area contributed by atoms with Crippen molar-refractivity contribution in [3.05, 3.63) is 56.3 Å². The smallest absolute Gasteiger partial charge is 0.0562 e. The van der Waals surface area contributed by atoms with Crippen molar-refractivity contribution in [3.63, 3.8) is 0 Å². The zero-order chi connectivity index (χ0) is 12.7. The second kappa shape index (κ2) is 4.52. The Bertz CT molecular complexity index is 583. The third kappa shape index (κ3) is 2.00. The molecule has 1 nitrogen and oxygen atoms in total. The van der Waals surface area contributed by atoms with E-state index in [2.05, 4.69) is 38.1 Å². The van der Waals surface area contributed by atoms with Gasteiger partial charge in [0.2, 0.25) is 0 Å². The summed E-state index contributed by atoms with van der Waals surface area (Å²) in [6.07, 6.45) is 3.75. The molecule has 1 heterocycles. The van der Waals surface area contributed by atoms with E-state index < -0.39 is 0 Å². The molecular formula is C16H19NS. The summed E-state index contributed by atoms with van der Waals surface area (Å²) in [7, 11) is 0. The van der Waals surface area contributed by atoms with Crippen molar-refractivity contribution in [3.8, 4) is 0 Å². The molecule has 0 aliphatic heterocycles. The lowest BCUT2D eigenvalue weighted by Crippen LogP contribution is -2.12. The van der Waals surface area contributed by atoms with Gasteiger partial charge < -0.3 is 5.73 Å². The lowest BCUT2D eigenvalue weighted by atomic mass is 9.97. The summed E-state index contributed by atoms with van der Waals surface area (Å²) in [6.45, 7) is 4.32. The minimum absolute atomic E-state index is 0.0286. The van der Waals surface area contributed by atoms with Crippen molar-refractivity contribution < 1.29 is 0 Å². The maximum atomic E-state index is 6.43. The monoisotopic (exact) mass is 257 g/mol. The van der Waals surface area contributed by atoms with E-state index in [1.807, 2.05) is 11.3 Å². The van der Waals surface area contributed by atoms with Gasteiger partial charge in [-0.15, -0.1) is 11.3 Å². The fourth-order valence-electron chi connectivity index (χ4n) is 2.92. The van der Waals surface area contributed by atoms with Crippen LogP contribution in [0.2, 0.25) is 0 Å². The summed E-state index contributed by atoms with van der Waals surface area (Å²) in [5.41, 5.74) is 12.0. The van der Waals surface area contributed by atoms with E-state index in [1.54, 1.807) is 0 Å². The van der Waals surface area contributed by atoms with Crippen LogP contribution in [0.4, 0.5) is 0 Å². The van der Waals surface area contributed by atoms with Gasteiger partial charge in [0.1, 0.15) is 0 Å². The molecule has 0 fully saturated rings. The fraction of sp³-hybridized carbons (Fsp3) is 0.375. The molecule has 1 aromatic carbocycles. The van der Waals surface area contributed by atoms with Crippen LogP contribution in [0, 0.1) is 13.8 Å². The fourth-order valence-corrected chi connectivity index (χ4v) is 3.90. The van der Waals surface area contributed by atoms with Gasteiger partial charge in [0.15, 0.2) is 0 Å². The maximum Gasteiger partial charge on any atom is 0.0562 e. The van der Waals surface area contributed by atoms with E-state index >= 15 is 0 Å². The molecule has 3 rings (SSSR count). The number of thiophene rings is 1. The van der Waals surface area contributed by atoms with E-state index in [4.69, 9.17) is 5.73 Å². The first-order chi connectivity index (χ1) is 8.65. The van der Waals surface area contributed by atoms with E-state index in [0.717, 1.165) is 0 Å². The highest BCUT2D eigenvalue weighted by atomic mass is 32.1. The molecule has 1 unspecified atom stereocenters. The Balaban J connectivity index is 1.97. The first-order valence-electron chi connectivity index (χ1n) is 6.59. The zero-order valence-corrected chi connectivity index (χ0v) is 11.8. The number of nitrogens with two attached hydrogens (primary N) is 1. The highest BCUT2D eigenvalue weighted by molar-refractivity contribution is 7.12. The average molecular weight is 257 g/mol. The molecule has 0 radical (unpaired) electrons. The Morgan fingerprint density at radius 1 is 1.11 bits per heavy atom. The van der Waals surface area contributed by atoms with Crippen LogP contribution in [0.15, 0.2) is 24.3 Å². The van der Waals surface area contributed by atoms with Crippen LogP contribution in [0.25, 0.3) is 0 Å².